The molecule has 32 heavy (non-hydrogen) atoms. The van der Waals surface area contributed by atoms with Crippen molar-refractivity contribution in [3.05, 3.63) is 53.0 Å². The molecule has 1 fully saturated rings. The summed E-state index contributed by atoms with van der Waals surface area (Å²) in [5, 5.41) is 21.5. The zero-order chi connectivity index (χ0) is 22.7. The monoisotopic (exact) mass is 450 g/mol. The minimum atomic E-state index is -0.197. The van der Waals surface area contributed by atoms with E-state index in [9.17, 15) is 10.1 Å². The summed E-state index contributed by atoms with van der Waals surface area (Å²) in [5.74, 6) is 0.499. The Kier molecular flexibility index (Phi) is 6.63. The molecule has 1 aliphatic rings. The average Bonchev–Trinajstić information content (AvgIpc) is 3.51. The van der Waals surface area contributed by atoms with Gasteiger partial charge in [-0.3, -0.25) is 9.36 Å². The maximum atomic E-state index is 12.9. The number of nitriles is 1. The molecule has 0 spiro atoms. The number of benzene rings is 1. The number of rotatable bonds is 7. The number of ether oxygens (including phenoxy) is 1. The second-order valence-electron chi connectivity index (χ2n) is 7.90. The van der Waals surface area contributed by atoms with Crippen molar-refractivity contribution in [2.45, 2.75) is 51.4 Å². The van der Waals surface area contributed by atoms with Crippen LogP contribution in [0.2, 0.25) is 0 Å². The second-order valence-corrected chi connectivity index (χ2v) is 8.84. The number of aromatic nitrogens is 4. The number of hydrogen-bond donors (Lipinski definition) is 1. The van der Waals surface area contributed by atoms with Gasteiger partial charge >= 0.3 is 0 Å². The molecule has 1 N–H and O–H groups in total. The summed E-state index contributed by atoms with van der Waals surface area (Å²) in [7, 11) is 0. The van der Waals surface area contributed by atoms with Crippen LogP contribution in [0.5, 0.6) is 0 Å². The van der Waals surface area contributed by atoms with Crippen LogP contribution >= 0.6 is 11.8 Å². The van der Waals surface area contributed by atoms with Gasteiger partial charge in [0.15, 0.2) is 5.16 Å². The standard InChI is InChI=1S/C23H26N6O2S/c1-15-7-4-5-9-20(15)29-14-25-27-23(29)32-13-21(30)26-22-19(11-24)16(2)17(3)28(22)12-18-8-6-10-31-18/h4-5,7,9,14,18H,6,8,10,12-13H2,1-3H3,(H,26,30)/t18-/m1/s1. The summed E-state index contributed by atoms with van der Waals surface area (Å²) in [6, 6.07) is 10.2. The summed E-state index contributed by atoms with van der Waals surface area (Å²) in [6.07, 6.45) is 3.77. The van der Waals surface area contributed by atoms with E-state index in [1.807, 2.05) is 54.2 Å². The Labute approximate surface area is 191 Å². The molecule has 0 saturated carbocycles. The molecule has 0 bridgehead atoms. The molecule has 1 aliphatic heterocycles. The Hall–Kier alpha value is -3.09. The lowest BCUT2D eigenvalue weighted by Gasteiger charge is -2.17. The van der Waals surface area contributed by atoms with Gasteiger partial charge in [0.2, 0.25) is 5.91 Å². The highest BCUT2D eigenvalue weighted by molar-refractivity contribution is 7.99. The normalized spacial score (nSPS) is 15.6. The first kappa shape index (κ1) is 22.1. The number of anilines is 1. The quantitative estimate of drug-likeness (QED) is 0.550. The molecule has 1 amide bonds. The van der Waals surface area contributed by atoms with Crippen LogP contribution in [0.4, 0.5) is 5.82 Å². The van der Waals surface area contributed by atoms with Crippen molar-refractivity contribution >= 4 is 23.5 Å². The lowest BCUT2D eigenvalue weighted by Crippen LogP contribution is -2.22. The molecule has 2 aromatic heterocycles. The predicted molar refractivity (Wildman–Crippen MR) is 123 cm³/mol. The van der Waals surface area contributed by atoms with Crippen LogP contribution < -0.4 is 5.32 Å². The summed E-state index contributed by atoms with van der Waals surface area (Å²) in [5.41, 5.74) is 4.42. The molecule has 1 atom stereocenters. The molecule has 0 radical (unpaired) electrons. The van der Waals surface area contributed by atoms with Crippen molar-refractivity contribution in [1.29, 1.82) is 5.26 Å². The molecular formula is C23H26N6O2S. The summed E-state index contributed by atoms with van der Waals surface area (Å²) in [4.78, 5) is 12.9. The van der Waals surface area contributed by atoms with E-state index in [-0.39, 0.29) is 17.8 Å². The number of carbonyl (C=O) groups is 1. The number of amides is 1. The number of nitrogens with one attached hydrogen (secondary N) is 1. The lowest BCUT2D eigenvalue weighted by atomic mass is 10.2. The molecule has 166 valence electrons. The van der Waals surface area contributed by atoms with Gasteiger partial charge in [-0.05, 0) is 50.8 Å². The molecular weight excluding hydrogens is 424 g/mol. The van der Waals surface area contributed by atoms with Gasteiger partial charge in [-0.25, -0.2) is 0 Å². The van der Waals surface area contributed by atoms with Crippen LogP contribution in [-0.4, -0.2) is 43.7 Å². The Morgan fingerprint density at radius 1 is 1.34 bits per heavy atom. The largest absolute Gasteiger partial charge is 0.376 e. The van der Waals surface area contributed by atoms with Gasteiger partial charge in [-0.1, -0.05) is 30.0 Å². The van der Waals surface area contributed by atoms with Crippen LogP contribution in [0.1, 0.15) is 35.2 Å². The van der Waals surface area contributed by atoms with E-state index in [2.05, 4.69) is 21.6 Å². The molecule has 9 heteroatoms. The van der Waals surface area contributed by atoms with Crippen molar-refractivity contribution in [2.24, 2.45) is 0 Å². The zero-order valence-corrected chi connectivity index (χ0v) is 19.3. The summed E-state index contributed by atoms with van der Waals surface area (Å²) in [6.45, 7) is 7.29. The van der Waals surface area contributed by atoms with Gasteiger partial charge in [-0.15, -0.1) is 10.2 Å². The van der Waals surface area contributed by atoms with Crippen LogP contribution in [-0.2, 0) is 16.1 Å². The van der Waals surface area contributed by atoms with Crippen molar-refractivity contribution in [3.8, 4) is 11.8 Å². The molecule has 1 aromatic carbocycles. The SMILES string of the molecule is Cc1ccccc1-n1cnnc1SCC(=O)Nc1c(C#N)c(C)c(C)n1C[C@H]1CCCO1. The highest BCUT2D eigenvalue weighted by Gasteiger charge is 2.24. The van der Waals surface area contributed by atoms with Gasteiger partial charge < -0.3 is 14.6 Å². The van der Waals surface area contributed by atoms with Crippen molar-refractivity contribution in [3.63, 3.8) is 0 Å². The van der Waals surface area contributed by atoms with E-state index >= 15 is 0 Å². The molecule has 8 nitrogen and oxygen atoms in total. The summed E-state index contributed by atoms with van der Waals surface area (Å²) < 4.78 is 9.66. The minimum absolute atomic E-state index is 0.102. The molecule has 0 unspecified atom stereocenters. The van der Waals surface area contributed by atoms with Crippen LogP contribution in [0.15, 0.2) is 35.7 Å². The van der Waals surface area contributed by atoms with Crippen molar-refractivity contribution in [1.82, 2.24) is 19.3 Å². The summed E-state index contributed by atoms with van der Waals surface area (Å²) >= 11 is 1.31. The van der Waals surface area contributed by atoms with Crippen LogP contribution in [0, 0.1) is 32.1 Å². The first-order valence-electron chi connectivity index (χ1n) is 10.6. The van der Waals surface area contributed by atoms with Gasteiger partial charge in [-0.2, -0.15) is 5.26 Å². The van der Waals surface area contributed by atoms with E-state index in [1.54, 1.807) is 6.33 Å². The predicted octanol–water partition coefficient (Wildman–Crippen LogP) is 3.78. The van der Waals surface area contributed by atoms with Gasteiger partial charge in [0.05, 0.1) is 29.7 Å². The topological polar surface area (TPSA) is 97.8 Å². The maximum Gasteiger partial charge on any atom is 0.235 e. The van der Waals surface area contributed by atoms with Gasteiger partial charge in [0.25, 0.3) is 0 Å². The fourth-order valence-electron chi connectivity index (χ4n) is 3.97. The number of thioether (sulfide) groups is 1. The number of aryl methyl sites for hydroxylation is 1. The Bertz CT molecular complexity index is 1170. The van der Waals surface area contributed by atoms with Gasteiger partial charge in [0.1, 0.15) is 18.2 Å². The third-order valence-electron chi connectivity index (χ3n) is 5.83. The maximum absolute atomic E-state index is 12.9. The molecule has 0 aliphatic carbocycles. The number of nitrogens with zero attached hydrogens (tertiary/aromatic N) is 5. The Morgan fingerprint density at radius 3 is 2.88 bits per heavy atom. The van der Waals surface area contributed by atoms with E-state index in [4.69, 9.17) is 4.74 Å². The Balaban J connectivity index is 1.50. The van der Waals surface area contributed by atoms with Crippen LogP contribution in [0.25, 0.3) is 5.69 Å². The number of hydrogen-bond acceptors (Lipinski definition) is 6. The lowest BCUT2D eigenvalue weighted by molar-refractivity contribution is -0.113. The van der Waals surface area contributed by atoms with Crippen molar-refractivity contribution in [2.75, 3.05) is 17.7 Å². The third-order valence-corrected chi connectivity index (χ3v) is 6.78. The molecule has 1 saturated heterocycles. The van der Waals surface area contributed by atoms with Crippen molar-refractivity contribution < 1.29 is 9.53 Å². The molecule has 4 rings (SSSR count). The van der Waals surface area contributed by atoms with E-state index in [0.717, 1.165) is 42.0 Å². The van der Waals surface area contributed by atoms with E-state index in [1.165, 1.54) is 11.8 Å². The zero-order valence-electron chi connectivity index (χ0n) is 18.5. The fourth-order valence-corrected chi connectivity index (χ4v) is 4.69. The smallest absolute Gasteiger partial charge is 0.235 e. The number of para-hydroxylation sites is 1. The molecule has 3 aromatic rings. The van der Waals surface area contributed by atoms with Crippen LogP contribution in [0.3, 0.4) is 0 Å². The molecule has 3 heterocycles. The Morgan fingerprint density at radius 2 is 2.16 bits per heavy atom. The van der Waals surface area contributed by atoms with E-state index in [0.29, 0.717) is 23.1 Å². The average molecular weight is 451 g/mol. The van der Waals surface area contributed by atoms with Gasteiger partial charge in [0, 0.05) is 12.3 Å². The third kappa shape index (κ3) is 4.42. The number of carbonyl (C=O) groups excluding carboxylic acids is 1. The van der Waals surface area contributed by atoms with E-state index < -0.39 is 0 Å². The first-order chi connectivity index (χ1) is 15.5. The second kappa shape index (κ2) is 9.59. The highest BCUT2D eigenvalue weighted by Crippen LogP contribution is 2.29. The first-order valence-corrected chi connectivity index (χ1v) is 11.6. The minimum Gasteiger partial charge on any atom is -0.376 e. The highest BCUT2D eigenvalue weighted by atomic mass is 32.2. The fraction of sp³-hybridized carbons (Fsp3) is 0.391.